The number of nitrogens with one attached hydrogen (secondary N) is 3. The molecule has 0 aliphatic heterocycles. The Morgan fingerprint density at radius 3 is 2.19 bits per heavy atom. The molecule has 1 aromatic heterocycles. The second-order valence-electron chi connectivity index (χ2n) is 8.29. The number of aromatic nitrogens is 2. The first-order chi connectivity index (χ1) is 20.0. The number of halogens is 5. The highest BCUT2D eigenvalue weighted by Crippen LogP contribution is 2.34. The molecular weight excluding hydrogens is 587 g/mol. The van der Waals surface area contributed by atoms with Gasteiger partial charge in [0, 0.05) is 18.7 Å². The lowest BCUT2D eigenvalue weighted by molar-refractivity contribution is 0.173. The number of hydrogen-bond donors (Lipinski definition) is 4. The highest BCUT2D eigenvalue weighted by molar-refractivity contribution is 7.89. The monoisotopic (exact) mass is 608 g/mol. The van der Waals surface area contributed by atoms with E-state index in [-0.39, 0.29) is 29.5 Å². The molecule has 10 nitrogen and oxygen atoms in total. The van der Waals surface area contributed by atoms with Crippen molar-refractivity contribution in [3.63, 3.8) is 0 Å². The number of alkyl halides is 1. The summed E-state index contributed by atoms with van der Waals surface area (Å²) >= 11 is 0. The molecule has 0 fully saturated rings. The molecule has 0 amide bonds. The molecule has 0 spiro atoms. The van der Waals surface area contributed by atoms with Gasteiger partial charge in [0.2, 0.25) is 28.5 Å². The van der Waals surface area contributed by atoms with Gasteiger partial charge in [-0.2, -0.15) is 4.39 Å². The van der Waals surface area contributed by atoms with Gasteiger partial charge in [0.05, 0.1) is 11.3 Å². The van der Waals surface area contributed by atoms with E-state index in [1.165, 1.54) is 0 Å². The highest BCUT2D eigenvalue weighted by atomic mass is 32.2. The summed E-state index contributed by atoms with van der Waals surface area (Å²) in [6.45, 7) is -2.66. The van der Waals surface area contributed by atoms with Gasteiger partial charge >= 0.3 is 0 Å². The lowest BCUT2D eigenvalue weighted by Gasteiger charge is -2.15. The summed E-state index contributed by atoms with van der Waals surface area (Å²) in [6.07, 6.45) is 1.09. The zero-order chi connectivity index (χ0) is 30.4. The van der Waals surface area contributed by atoms with Crippen molar-refractivity contribution in [2.45, 2.75) is 4.90 Å². The van der Waals surface area contributed by atoms with Crippen molar-refractivity contribution in [1.29, 1.82) is 5.41 Å². The maximum atomic E-state index is 14.3. The number of hydrogen-bond acceptors (Lipinski definition) is 9. The van der Waals surface area contributed by atoms with Crippen LogP contribution in [-0.2, 0) is 10.0 Å². The topological polar surface area (TPSA) is 152 Å². The molecule has 4 aromatic rings. The van der Waals surface area contributed by atoms with Crippen LogP contribution in [0.1, 0.15) is 11.1 Å². The Morgan fingerprint density at radius 2 is 1.52 bits per heavy atom. The molecule has 1 heterocycles. The maximum Gasteiger partial charge on any atom is 0.247 e. The fraction of sp³-hybridized carbons (Fsp3) is 0.115. The fourth-order valence-electron chi connectivity index (χ4n) is 3.69. The first-order valence-corrected chi connectivity index (χ1v) is 13.3. The second-order valence-corrected chi connectivity index (χ2v) is 9.99. The van der Waals surface area contributed by atoms with E-state index in [0.717, 1.165) is 6.33 Å². The zero-order valence-electron chi connectivity index (χ0n) is 21.3. The zero-order valence-corrected chi connectivity index (χ0v) is 22.1. The Morgan fingerprint density at radius 1 is 0.881 bits per heavy atom. The van der Waals surface area contributed by atoms with Crippen LogP contribution in [0.3, 0.4) is 0 Å². The lowest BCUT2D eigenvalue weighted by atomic mass is 10.0. The largest absolute Gasteiger partial charge is 0.458 e. The molecule has 220 valence electrons. The van der Waals surface area contributed by atoms with Crippen LogP contribution >= 0.6 is 0 Å². The van der Waals surface area contributed by atoms with E-state index in [0.29, 0.717) is 17.1 Å². The van der Waals surface area contributed by atoms with Crippen LogP contribution in [0.15, 0.2) is 65.8 Å². The number of nitrogen functional groups attached to an aromatic ring is 1. The molecule has 3 aromatic carbocycles. The summed E-state index contributed by atoms with van der Waals surface area (Å²) in [5.74, 6) is -9.87. The number of benzene rings is 3. The number of sulfonamides is 1. The smallest absolute Gasteiger partial charge is 0.247 e. The van der Waals surface area contributed by atoms with Gasteiger partial charge in [-0.15, -0.1) is 0 Å². The van der Waals surface area contributed by atoms with Crippen molar-refractivity contribution in [1.82, 2.24) is 14.7 Å². The summed E-state index contributed by atoms with van der Waals surface area (Å²) in [7, 11) is -5.08. The van der Waals surface area contributed by atoms with E-state index in [2.05, 4.69) is 20.0 Å². The summed E-state index contributed by atoms with van der Waals surface area (Å²) in [5, 5.41) is 11.4. The van der Waals surface area contributed by atoms with Crippen LogP contribution in [0.2, 0.25) is 0 Å². The van der Waals surface area contributed by atoms with E-state index >= 15 is 0 Å². The molecule has 0 saturated carbocycles. The summed E-state index contributed by atoms with van der Waals surface area (Å²) < 4.78 is 105. The number of nitrogens with zero attached hydrogens (tertiary/aromatic N) is 2. The van der Waals surface area contributed by atoms with Crippen molar-refractivity contribution >= 4 is 27.4 Å². The number of anilines is 2. The predicted octanol–water partition coefficient (Wildman–Crippen LogP) is 4.52. The standard InChI is InChI=1S/C26H21F5N6O4S/c27-12-40-23-20(30)18(28)19(29)21(31)24(23)42(38,39)37-11-10-34-26-17(25(33)35-13-36-26)22(32)14-6-8-16(9-7-14)41-15-4-2-1-3-5-15/h1-9,13,32,37H,10-12H2,(H3,33,34,35,36). The Labute approximate surface area is 235 Å². The third kappa shape index (κ3) is 6.39. The summed E-state index contributed by atoms with van der Waals surface area (Å²) in [5.41, 5.74) is 6.39. The minimum atomic E-state index is -5.08. The number of nitrogens with two attached hydrogens (primary N) is 1. The Balaban J connectivity index is 1.47. The molecule has 42 heavy (non-hydrogen) atoms. The quantitative estimate of drug-likeness (QED) is 0.0603. The van der Waals surface area contributed by atoms with E-state index in [4.69, 9.17) is 15.9 Å². The minimum absolute atomic E-state index is 0.0304. The maximum absolute atomic E-state index is 14.3. The van der Waals surface area contributed by atoms with Crippen molar-refractivity contribution in [2.75, 3.05) is 31.0 Å². The SMILES string of the molecule is N=C(c1ccc(Oc2ccccc2)cc1)c1c(N)ncnc1NCCNS(=O)(=O)c1c(F)c(F)c(F)c(F)c1OCF. The molecule has 0 unspecified atom stereocenters. The molecule has 0 atom stereocenters. The number of rotatable bonds is 12. The van der Waals surface area contributed by atoms with E-state index in [1.54, 1.807) is 36.4 Å². The van der Waals surface area contributed by atoms with Gasteiger partial charge in [0.25, 0.3) is 0 Å². The van der Waals surface area contributed by atoms with Crippen molar-refractivity contribution in [2.24, 2.45) is 0 Å². The summed E-state index contributed by atoms with van der Waals surface area (Å²) in [6, 6.07) is 15.5. The molecule has 16 heteroatoms. The van der Waals surface area contributed by atoms with Crippen molar-refractivity contribution in [3.05, 3.63) is 95.3 Å². The molecule has 0 saturated heterocycles. The first-order valence-electron chi connectivity index (χ1n) is 11.9. The molecule has 5 N–H and O–H groups in total. The van der Waals surface area contributed by atoms with Crippen LogP contribution in [0.25, 0.3) is 0 Å². The Kier molecular flexibility index (Phi) is 9.17. The van der Waals surface area contributed by atoms with E-state index in [1.807, 2.05) is 22.9 Å². The molecular formula is C26H21F5N6O4S. The van der Waals surface area contributed by atoms with Crippen LogP contribution in [0.4, 0.5) is 33.6 Å². The third-order valence-electron chi connectivity index (χ3n) is 5.61. The van der Waals surface area contributed by atoms with Gasteiger partial charge < -0.3 is 20.5 Å². The van der Waals surface area contributed by atoms with E-state index in [9.17, 15) is 30.4 Å². The first kappa shape index (κ1) is 30.1. The Hall–Kier alpha value is -4.83. The lowest BCUT2D eigenvalue weighted by Crippen LogP contribution is -2.31. The highest BCUT2D eigenvalue weighted by Gasteiger charge is 2.34. The summed E-state index contributed by atoms with van der Waals surface area (Å²) in [4.78, 5) is 6.17. The van der Waals surface area contributed by atoms with Gasteiger partial charge in [0.15, 0.2) is 22.3 Å². The van der Waals surface area contributed by atoms with Crippen LogP contribution in [-0.4, -0.2) is 44.0 Å². The fourth-order valence-corrected chi connectivity index (χ4v) is 4.92. The van der Waals surface area contributed by atoms with Crippen LogP contribution < -0.4 is 25.2 Å². The van der Waals surface area contributed by atoms with Gasteiger partial charge in [-0.05, 0) is 36.4 Å². The normalized spacial score (nSPS) is 11.3. The molecule has 4 rings (SSSR count). The van der Waals surface area contributed by atoms with Gasteiger partial charge in [-0.25, -0.2) is 40.7 Å². The van der Waals surface area contributed by atoms with Crippen LogP contribution in [0, 0.1) is 28.7 Å². The molecule has 0 aliphatic rings. The Bertz CT molecular complexity index is 1710. The van der Waals surface area contributed by atoms with Crippen molar-refractivity contribution < 1.29 is 39.8 Å². The minimum Gasteiger partial charge on any atom is -0.458 e. The van der Waals surface area contributed by atoms with Gasteiger partial charge in [-0.3, -0.25) is 5.41 Å². The van der Waals surface area contributed by atoms with Crippen LogP contribution in [0.5, 0.6) is 17.2 Å². The molecule has 0 aliphatic carbocycles. The average molecular weight is 609 g/mol. The molecule has 0 bridgehead atoms. The average Bonchev–Trinajstić information content (AvgIpc) is 2.97. The predicted molar refractivity (Wildman–Crippen MR) is 142 cm³/mol. The van der Waals surface area contributed by atoms with Gasteiger partial charge in [-0.1, -0.05) is 18.2 Å². The van der Waals surface area contributed by atoms with Crippen molar-refractivity contribution in [3.8, 4) is 17.2 Å². The van der Waals surface area contributed by atoms with Gasteiger partial charge in [0.1, 0.15) is 29.5 Å². The second kappa shape index (κ2) is 12.8. The molecule has 0 radical (unpaired) electrons. The third-order valence-corrected chi connectivity index (χ3v) is 7.09. The number of para-hydroxylation sites is 1. The number of ether oxygens (including phenoxy) is 2. The van der Waals surface area contributed by atoms with E-state index < -0.39 is 57.3 Å².